The maximum Gasteiger partial charge on any atom is 0.106 e. The second-order valence-corrected chi connectivity index (χ2v) is 9.81. The lowest BCUT2D eigenvalue weighted by Crippen LogP contribution is -1.84. The standard InChI is InChI=1S/C23H41NS2/c1-2-3-4-5-6-7-8-9-10-11-12-13-14-15-16-19-22-25-26-23-20-17-18-21-24-23/h17-18,20-21H,2-16,19,22H2,1H3. The van der Waals surface area contributed by atoms with Gasteiger partial charge in [0.05, 0.1) is 0 Å². The van der Waals surface area contributed by atoms with Crippen molar-refractivity contribution < 1.29 is 0 Å². The van der Waals surface area contributed by atoms with E-state index in [1.807, 2.05) is 33.9 Å². The van der Waals surface area contributed by atoms with Gasteiger partial charge in [-0.25, -0.2) is 4.98 Å². The lowest BCUT2D eigenvalue weighted by atomic mass is 10.0. The minimum absolute atomic E-state index is 1.13. The minimum Gasteiger partial charge on any atom is -0.249 e. The van der Waals surface area contributed by atoms with E-state index in [2.05, 4.69) is 24.0 Å². The highest BCUT2D eigenvalue weighted by atomic mass is 33.1. The molecule has 1 rings (SSSR count). The fourth-order valence-electron chi connectivity index (χ4n) is 3.21. The summed E-state index contributed by atoms with van der Waals surface area (Å²) in [6, 6.07) is 6.13. The van der Waals surface area contributed by atoms with E-state index in [1.54, 1.807) is 0 Å². The molecule has 0 bridgehead atoms. The molecule has 0 aliphatic rings. The summed E-state index contributed by atoms with van der Waals surface area (Å²) in [6.45, 7) is 2.30. The number of hydrogen-bond donors (Lipinski definition) is 0. The number of nitrogens with zero attached hydrogens (tertiary/aromatic N) is 1. The SMILES string of the molecule is CCCCCCCCCCCCCCCCCCSSc1ccccn1. The smallest absolute Gasteiger partial charge is 0.106 e. The summed E-state index contributed by atoms with van der Waals surface area (Å²) < 4.78 is 0. The first kappa shape index (κ1) is 23.9. The zero-order valence-electron chi connectivity index (χ0n) is 17.1. The predicted molar refractivity (Wildman–Crippen MR) is 122 cm³/mol. The molecule has 0 aliphatic heterocycles. The lowest BCUT2D eigenvalue weighted by molar-refractivity contribution is 0.532. The highest BCUT2D eigenvalue weighted by Gasteiger charge is 1.97. The average Bonchev–Trinajstić information content (AvgIpc) is 2.68. The molecule has 0 fully saturated rings. The fourth-order valence-corrected chi connectivity index (χ4v) is 5.23. The number of aromatic nitrogens is 1. The molecule has 0 aliphatic carbocycles. The van der Waals surface area contributed by atoms with Crippen molar-refractivity contribution in [2.75, 3.05) is 5.75 Å². The molecule has 0 radical (unpaired) electrons. The molecule has 1 aromatic rings. The van der Waals surface area contributed by atoms with Crippen LogP contribution in [0.5, 0.6) is 0 Å². The van der Waals surface area contributed by atoms with Gasteiger partial charge in [-0.15, -0.1) is 0 Å². The second-order valence-electron chi connectivity index (χ2n) is 7.38. The van der Waals surface area contributed by atoms with Crippen LogP contribution < -0.4 is 0 Å². The number of unbranched alkanes of at least 4 members (excludes halogenated alkanes) is 15. The van der Waals surface area contributed by atoms with Crippen LogP contribution in [0.1, 0.15) is 110 Å². The molecule has 0 aromatic carbocycles. The summed E-state index contributed by atoms with van der Waals surface area (Å²) in [5.74, 6) is 1.25. The Bertz CT molecular complexity index is 383. The van der Waals surface area contributed by atoms with E-state index in [0.29, 0.717) is 0 Å². The molecule has 0 amide bonds. The fraction of sp³-hybridized carbons (Fsp3) is 0.783. The molecule has 1 heterocycles. The largest absolute Gasteiger partial charge is 0.249 e. The summed E-state index contributed by atoms with van der Waals surface area (Å²) in [5, 5.41) is 1.13. The molecule has 1 nitrogen and oxygen atoms in total. The first-order chi connectivity index (χ1) is 12.9. The van der Waals surface area contributed by atoms with E-state index in [1.165, 1.54) is 108 Å². The quantitative estimate of drug-likeness (QED) is 0.171. The van der Waals surface area contributed by atoms with Crippen molar-refractivity contribution in [3.05, 3.63) is 24.4 Å². The molecule has 3 heteroatoms. The van der Waals surface area contributed by atoms with E-state index in [4.69, 9.17) is 0 Å². The summed E-state index contributed by atoms with van der Waals surface area (Å²) in [5.41, 5.74) is 0. The third kappa shape index (κ3) is 16.1. The topological polar surface area (TPSA) is 12.9 Å². The highest BCUT2D eigenvalue weighted by molar-refractivity contribution is 8.76. The van der Waals surface area contributed by atoms with Gasteiger partial charge < -0.3 is 0 Å². The molecule has 0 saturated carbocycles. The first-order valence-electron chi connectivity index (χ1n) is 11.1. The van der Waals surface area contributed by atoms with Crippen molar-refractivity contribution in [1.82, 2.24) is 4.98 Å². The maximum atomic E-state index is 4.33. The van der Waals surface area contributed by atoms with Crippen molar-refractivity contribution in [3.8, 4) is 0 Å². The van der Waals surface area contributed by atoms with Crippen LogP contribution >= 0.6 is 21.6 Å². The molecule has 26 heavy (non-hydrogen) atoms. The Morgan fingerprint density at radius 2 is 1.15 bits per heavy atom. The Morgan fingerprint density at radius 1 is 0.654 bits per heavy atom. The van der Waals surface area contributed by atoms with Gasteiger partial charge in [0.25, 0.3) is 0 Å². The van der Waals surface area contributed by atoms with Crippen LogP contribution in [0.4, 0.5) is 0 Å². The van der Waals surface area contributed by atoms with Crippen molar-refractivity contribution in [2.45, 2.75) is 115 Å². The average molecular weight is 396 g/mol. The normalized spacial score (nSPS) is 11.1. The number of hydrogen-bond acceptors (Lipinski definition) is 3. The molecule has 1 aromatic heterocycles. The summed E-state index contributed by atoms with van der Waals surface area (Å²) in [7, 11) is 3.76. The van der Waals surface area contributed by atoms with E-state index in [0.717, 1.165) is 5.03 Å². The summed E-state index contributed by atoms with van der Waals surface area (Å²) in [4.78, 5) is 4.33. The molecule has 0 N–H and O–H groups in total. The van der Waals surface area contributed by atoms with Crippen molar-refractivity contribution in [3.63, 3.8) is 0 Å². The van der Waals surface area contributed by atoms with Crippen LogP contribution in [0, 0.1) is 0 Å². The molecule has 0 unspecified atom stereocenters. The van der Waals surface area contributed by atoms with Crippen LogP contribution in [0.3, 0.4) is 0 Å². The summed E-state index contributed by atoms with van der Waals surface area (Å²) >= 11 is 0. The van der Waals surface area contributed by atoms with Gasteiger partial charge in [0.2, 0.25) is 0 Å². The van der Waals surface area contributed by atoms with Gasteiger partial charge >= 0.3 is 0 Å². The Kier molecular flexibility index (Phi) is 18.0. The van der Waals surface area contributed by atoms with Crippen molar-refractivity contribution in [2.24, 2.45) is 0 Å². The van der Waals surface area contributed by atoms with Crippen LogP contribution in [0.25, 0.3) is 0 Å². The van der Waals surface area contributed by atoms with Crippen LogP contribution in [0.15, 0.2) is 29.4 Å². The third-order valence-electron chi connectivity index (χ3n) is 4.86. The zero-order valence-corrected chi connectivity index (χ0v) is 18.7. The van der Waals surface area contributed by atoms with E-state index >= 15 is 0 Å². The highest BCUT2D eigenvalue weighted by Crippen LogP contribution is 2.29. The van der Waals surface area contributed by atoms with Gasteiger partial charge in [-0.05, 0) is 29.3 Å². The molecule has 150 valence electrons. The first-order valence-corrected chi connectivity index (χ1v) is 13.5. The summed E-state index contributed by atoms with van der Waals surface area (Å²) in [6.07, 6.45) is 24.9. The van der Waals surface area contributed by atoms with Crippen LogP contribution in [-0.2, 0) is 0 Å². The van der Waals surface area contributed by atoms with E-state index in [-0.39, 0.29) is 0 Å². The second kappa shape index (κ2) is 19.6. The Balaban J connectivity index is 1.68. The number of rotatable bonds is 19. The van der Waals surface area contributed by atoms with Crippen molar-refractivity contribution >= 4 is 21.6 Å². The maximum absolute atomic E-state index is 4.33. The third-order valence-corrected chi connectivity index (χ3v) is 7.21. The van der Waals surface area contributed by atoms with Gasteiger partial charge in [0.1, 0.15) is 5.03 Å². The van der Waals surface area contributed by atoms with Gasteiger partial charge in [-0.2, -0.15) is 0 Å². The molecule has 0 atom stereocenters. The lowest BCUT2D eigenvalue weighted by Gasteiger charge is -2.03. The Morgan fingerprint density at radius 3 is 1.62 bits per heavy atom. The molecule has 0 spiro atoms. The van der Waals surface area contributed by atoms with Crippen LogP contribution in [0.2, 0.25) is 0 Å². The van der Waals surface area contributed by atoms with E-state index < -0.39 is 0 Å². The zero-order chi connectivity index (χ0) is 18.5. The van der Waals surface area contributed by atoms with Crippen LogP contribution in [-0.4, -0.2) is 10.7 Å². The van der Waals surface area contributed by atoms with Gasteiger partial charge in [-0.3, -0.25) is 0 Å². The Labute approximate surface area is 171 Å². The molecular weight excluding hydrogens is 354 g/mol. The monoisotopic (exact) mass is 395 g/mol. The number of pyridine rings is 1. The van der Waals surface area contributed by atoms with Gasteiger partial charge in [-0.1, -0.05) is 120 Å². The predicted octanol–water partition coefficient (Wildman–Crippen LogP) is 9.08. The van der Waals surface area contributed by atoms with E-state index in [9.17, 15) is 0 Å². The molecule has 0 saturated heterocycles. The Hall–Kier alpha value is -0.150. The van der Waals surface area contributed by atoms with Gasteiger partial charge in [0.15, 0.2) is 0 Å². The van der Waals surface area contributed by atoms with Crippen molar-refractivity contribution in [1.29, 1.82) is 0 Å². The minimum atomic E-state index is 1.13. The van der Waals surface area contributed by atoms with Gasteiger partial charge in [0, 0.05) is 11.9 Å². The molecular formula is C23H41NS2.